The Morgan fingerprint density at radius 2 is 2.00 bits per heavy atom. The van der Waals surface area contributed by atoms with E-state index < -0.39 is 18.1 Å². The van der Waals surface area contributed by atoms with Crippen molar-refractivity contribution in [2.75, 3.05) is 18.4 Å². The van der Waals surface area contributed by atoms with Gasteiger partial charge in [-0.3, -0.25) is 9.38 Å². The van der Waals surface area contributed by atoms with Crippen LogP contribution in [-0.2, 0) is 5.41 Å². The first-order valence-electron chi connectivity index (χ1n) is 9.68. The van der Waals surface area contributed by atoms with E-state index in [1.54, 1.807) is 24.5 Å². The van der Waals surface area contributed by atoms with Crippen LogP contribution in [0.4, 0.5) is 19.0 Å². The number of imidazole rings is 1. The molecule has 9 heteroatoms. The zero-order valence-corrected chi connectivity index (χ0v) is 15.9. The maximum Gasteiger partial charge on any atom is 0.395 e. The molecule has 2 N–H and O–H groups in total. The molecule has 0 aromatic carbocycles. The van der Waals surface area contributed by atoms with Crippen molar-refractivity contribution in [2.24, 2.45) is 5.92 Å². The molecule has 0 radical (unpaired) electrons. The van der Waals surface area contributed by atoms with Gasteiger partial charge in [-0.2, -0.15) is 13.2 Å². The lowest BCUT2D eigenvalue weighted by Gasteiger charge is -2.22. The first-order chi connectivity index (χ1) is 13.8. The monoisotopic (exact) mass is 402 g/mol. The number of nitrogens with one attached hydrogen (secondary N) is 2. The highest BCUT2D eigenvalue weighted by Gasteiger charge is 2.47. The molecular weight excluding hydrogens is 381 g/mol. The lowest BCUT2D eigenvalue weighted by Crippen LogP contribution is -2.38. The molecule has 29 heavy (non-hydrogen) atoms. The van der Waals surface area contributed by atoms with Gasteiger partial charge in [0.25, 0.3) is 0 Å². The van der Waals surface area contributed by atoms with Gasteiger partial charge in [0.15, 0.2) is 5.65 Å². The Bertz CT molecular complexity index is 1060. The van der Waals surface area contributed by atoms with Gasteiger partial charge in [0, 0.05) is 24.7 Å². The molecule has 6 nitrogen and oxygen atoms in total. The fourth-order valence-corrected chi connectivity index (χ4v) is 3.86. The van der Waals surface area contributed by atoms with Crippen molar-refractivity contribution in [1.82, 2.24) is 24.7 Å². The number of rotatable bonds is 4. The summed E-state index contributed by atoms with van der Waals surface area (Å²) in [6, 6.07) is 4.57. The largest absolute Gasteiger partial charge is 0.395 e. The molecule has 0 bridgehead atoms. The molecule has 2 fully saturated rings. The van der Waals surface area contributed by atoms with Crippen LogP contribution in [0.2, 0.25) is 0 Å². The summed E-state index contributed by atoms with van der Waals surface area (Å²) in [5, 5.41) is 5.77. The number of nitrogens with zero attached hydrogens (tertiary/aromatic N) is 4. The highest BCUT2D eigenvalue weighted by molar-refractivity contribution is 5.62. The summed E-state index contributed by atoms with van der Waals surface area (Å²) in [5.74, 6) is -1.01. The van der Waals surface area contributed by atoms with E-state index in [4.69, 9.17) is 0 Å². The van der Waals surface area contributed by atoms with Crippen LogP contribution in [0.25, 0.3) is 17.0 Å². The van der Waals surface area contributed by atoms with Gasteiger partial charge in [-0.1, -0.05) is 13.0 Å². The van der Waals surface area contributed by atoms with Gasteiger partial charge in [-0.25, -0.2) is 9.97 Å². The quantitative estimate of drug-likeness (QED) is 0.700. The summed E-state index contributed by atoms with van der Waals surface area (Å²) in [6.45, 7) is 2.36. The van der Waals surface area contributed by atoms with Crippen LogP contribution >= 0.6 is 0 Å². The van der Waals surface area contributed by atoms with Gasteiger partial charge in [0.1, 0.15) is 5.82 Å². The molecule has 2 aliphatic rings. The van der Waals surface area contributed by atoms with E-state index in [-0.39, 0.29) is 18.5 Å². The molecule has 2 atom stereocenters. The third kappa shape index (κ3) is 3.33. The van der Waals surface area contributed by atoms with Crippen LogP contribution in [0.15, 0.2) is 36.8 Å². The average Bonchev–Trinajstić information content (AvgIpc) is 3.09. The van der Waals surface area contributed by atoms with Crippen LogP contribution in [0.5, 0.6) is 0 Å². The fourth-order valence-electron chi connectivity index (χ4n) is 3.86. The Morgan fingerprint density at radius 3 is 2.76 bits per heavy atom. The zero-order valence-electron chi connectivity index (χ0n) is 15.9. The standard InChI is InChI=1S/C20H21F3N6/c1-19(5-6-19)16-11-29-15(9-26-18(29)10-25-16)13-3-2-4-17(27-13)28-14-8-24-7-12(14)20(21,22)23/h2-4,9-12,14,24H,5-8H2,1H3,(H,27,28). The van der Waals surface area contributed by atoms with Gasteiger partial charge >= 0.3 is 6.18 Å². The third-order valence-corrected chi connectivity index (χ3v) is 5.99. The normalized spacial score (nSPS) is 23.4. The van der Waals surface area contributed by atoms with Crippen molar-refractivity contribution >= 4 is 11.5 Å². The third-order valence-electron chi connectivity index (χ3n) is 5.99. The van der Waals surface area contributed by atoms with E-state index in [9.17, 15) is 13.2 Å². The molecular formula is C20H21F3N6. The summed E-state index contributed by atoms with van der Waals surface area (Å²) in [6.07, 6.45) is 3.45. The summed E-state index contributed by atoms with van der Waals surface area (Å²) in [4.78, 5) is 13.5. The Morgan fingerprint density at radius 1 is 1.17 bits per heavy atom. The van der Waals surface area contributed by atoms with Gasteiger partial charge in [0.05, 0.1) is 41.4 Å². The smallest absolute Gasteiger partial charge is 0.365 e. The number of pyridine rings is 1. The molecule has 0 spiro atoms. The molecule has 1 aliphatic carbocycles. The summed E-state index contributed by atoms with van der Waals surface area (Å²) in [5.41, 5.74) is 3.28. The second-order valence-corrected chi connectivity index (χ2v) is 8.17. The van der Waals surface area contributed by atoms with Crippen LogP contribution in [0, 0.1) is 5.92 Å². The van der Waals surface area contributed by atoms with Gasteiger partial charge in [-0.15, -0.1) is 0 Å². The van der Waals surface area contributed by atoms with Crippen molar-refractivity contribution in [2.45, 2.75) is 37.4 Å². The first kappa shape index (κ1) is 18.4. The first-order valence-corrected chi connectivity index (χ1v) is 9.68. The maximum atomic E-state index is 13.2. The number of halogens is 3. The van der Waals surface area contributed by atoms with Crippen LogP contribution in [0.3, 0.4) is 0 Å². The predicted molar refractivity (Wildman–Crippen MR) is 103 cm³/mol. The minimum absolute atomic E-state index is 0.0807. The minimum Gasteiger partial charge on any atom is -0.365 e. The van der Waals surface area contributed by atoms with Crippen LogP contribution < -0.4 is 10.6 Å². The van der Waals surface area contributed by atoms with E-state index in [2.05, 4.69) is 32.5 Å². The van der Waals surface area contributed by atoms with E-state index >= 15 is 0 Å². The Balaban J connectivity index is 1.46. The SMILES string of the molecule is CC1(c2cn3c(-c4cccc(NC5CNCC5C(F)(F)F)n4)cnc3cn2)CC1. The number of alkyl halides is 3. The summed E-state index contributed by atoms with van der Waals surface area (Å²) in [7, 11) is 0. The van der Waals surface area contributed by atoms with Gasteiger partial charge in [-0.05, 0) is 25.0 Å². The molecule has 5 rings (SSSR count). The molecule has 152 valence electrons. The molecule has 3 aromatic heterocycles. The fraction of sp³-hybridized carbons (Fsp3) is 0.450. The van der Waals surface area contributed by atoms with E-state index in [0.717, 1.165) is 24.2 Å². The lowest BCUT2D eigenvalue weighted by atomic mass is 10.0. The van der Waals surface area contributed by atoms with E-state index in [1.807, 2.05) is 16.7 Å². The Hall–Kier alpha value is -2.68. The topological polar surface area (TPSA) is 67.1 Å². The number of hydrogen-bond acceptors (Lipinski definition) is 5. The van der Waals surface area contributed by atoms with Crippen LogP contribution in [0.1, 0.15) is 25.5 Å². The second-order valence-electron chi connectivity index (χ2n) is 8.17. The highest BCUT2D eigenvalue weighted by atomic mass is 19.4. The minimum atomic E-state index is -4.25. The van der Waals surface area contributed by atoms with Crippen molar-refractivity contribution in [3.63, 3.8) is 0 Å². The predicted octanol–water partition coefficient (Wildman–Crippen LogP) is 3.41. The molecule has 3 aromatic rings. The number of anilines is 1. The number of hydrogen-bond donors (Lipinski definition) is 2. The van der Waals surface area contributed by atoms with Crippen molar-refractivity contribution < 1.29 is 13.2 Å². The average molecular weight is 402 g/mol. The van der Waals surface area contributed by atoms with Crippen molar-refractivity contribution in [3.8, 4) is 11.4 Å². The van der Waals surface area contributed by atoms with E-state index in [1.165, 1.54) is 0 Å². The molecule has 1 saturated carbocycles. The Kier molecular flexibility index (Phi) is 4.06. The Labute approximate surface area is 165 Å². The van der Waals surface area contributed by atoms with Crippen LogP contribution in [-0.4, -0.2) is 44.7 Å². The van der Waals surface area contributed by atoms with Gasteiger partial charge < -0.3 is 10.6 Å². The highest BCUT2D eigenvalue weighted by Crippen LogP contribution is 2.46. The molecule has 1 saturated heterocycles. The summed E-state index contributed by atoms with van der Waals surface area (Å²) >= 11 is 0. The maximum absolute atomic E-state index is 13.2. The number of aromatic nitrogens is 4. The zero-order chi connectivity index (χ0) is 20.2. The molecule has 2 unspecified atom stereocenters. The van der Waals surface area contributed by atoms with Crippen molar-refractivity contribution in [1.29, 1.82) is 0 Å². The van der Waals surface area contributed by atoms with Crippen molar-refractivity contribution in [3.05, 3.63) is 42.5 Å². The molecule has 0 amide bonds. The van der Waals surface area contributed by atoms with E-state index in [0.29, 0.717) is 17.2 Å². The van der Waals surface area contributed by atoms with Gasteiger partial charge in [0.2, 0.25) is 0 Å². The lowest BCUT2D eigenvalue weighted by molar-refractivity contribution is -0.170. The second kappa shape index (κ2) is 6.41. The number of fused-ring (bicyclic) bond motifs is 1. The molecule has 4 heterocycles. The summed E-state index contributed by atoms with van der Waals surface area (Å²) < 4.78 is 41.6. The molecule has 1 aliphatic heterocycles.